The number of nitrogens with zero attached hydrogens (tertiary/aromatic N) is 2. The molecule has 2 aromatic carbocycles. The molecule has 2 N–H and O–H groups in total. The Morgan fingerprint density at radius 1 is 0.967 bits per heavy atom. The number of aryl methyl sites for hydroxylation is 1. The van der Waals surface area contributed by atoms with E-state index in [0.717, 1.165) is 35.8 Å². The van der Waals surface area contributed by atoms with Gasteiger partial charge in [-0.25, -0.2) is 18.0 Å². The molecule has 0 radical (unpaired) electrons. The van der Waals surface area contributed by atoms with Crippen molar-refractivity contribution in [2.45, 2.75) is 18.4 Å². The Hall–Kier alpha value is -2.46. The minimum atomic E-state index is -3.40. The summed E-state index contributed by atoms with van der Waals surface area (Å²) in [4.78, 5) is 20.8. The SMILES string of the molecule is Cc1ccc(S(=O)(=O)N2CCN(Cc3cccc(Cl)c3)CC2)cc1.O=C(O)C(=O)O. The van der Waals surface area contributed by atoms with Gasteiger partial charge in [-0.05, 0) is 36.8 Å². The number of carboxylic acids is 2. The number of hydrogen-bond donors (Lipinski definition) is 2. The number of carbonyl (C=O) groups is 2. The zero-order valence-electron chi connectivity index (χ0n) is 16.4. The normalized spacial score (nSPS) is 15.1. The third-order valence-electron chi connectivity index (χ3n) is 4.47. The fraction of sp³-hybridized carbons (Fsp3) is 0.300. The van der Waals surface area contributed by atoms with Crippen LogP contribution in [-0.2, 0) is 26.2 Å². The van der Waals surface area contributed by atoms with E-state index in [1.807, 2.05) is 43.3 Å². The van der Waals surface area contributed by atoms with E-state index in [2.05, 4.69) is 4.90 Å². The molecule has 1 fully saturated rings. The van der Waals surface area contributed by atoms with E-state index in [4.69, 9.17) is 31.4 Å². The molecule has 1 heterocycles. The van der Waals surface area contributed by atoms with Gasteiger partial charge in [-0.1, -0.05) is 41.4 Å². The van der Waals surface area contributed by atoms with Gasteiger partial charge in [-0.15, -0.1) is 0 Å². The second-order valence-corrected chi connectivity index (χ2v) is 9.11. The molecule has 10 heteroatoms. The van der Waals surface area contributed by atoms with E-state index in [-0.39, 0.29) is 0 Å². The maximum absolute atomic E-state index is 12.7. The number of carboxylic acid groups (broad SMARTS) is 2. The second-order valence-electron chi connectivity index (χ2n) is 6.73. The number of halogens is 1. The third kappa shape index (κ3) is 6.81. The minimum Gasteiger partial charge on any atom is -0.473 e. The highest BCUT2D eigenvalue weighted by Crippen LogP contribution is 2.19. The van der Waals surface area contributed by atoms with Crippen molar-refractivity contribution in [2.75, 3.05) is 26.2 Å². The summed E-state index contributed by atoms with van der Waals surface area (Å²) in [7, 11) is -3.40. The predicted molar refractivity (Wildman–Crippen MR) is 112 cm³/mol. The van der Waals surface area contributed by atoms with Gasteiger partial charge in [-0.3, -0.25) is 4.90 Å². The Labute approximate surface area is 180 Å². The van der Waals surface area contributed by atoms with Crippen LogP contribution in [0.3, 0.4) is 0 Å². The van der Waals surface area contributed by atoms with Crippen LogP contribution in [0.15, 0.2) is 53.4 Å². The van der Waals surface area contributed by atoms with Crippen LogP contribution in [-0.4, -0.2) is 66.0 Å². The summed E-state index contributed by atoms with van der Waals surface area (Å²) in [6, 6.07) is 14.8. The summed E-state index contributed by atoms with van der Waals surface area (Å²) in [6.07, 6.45) is 0. The monoisotopic (exact) mass is 454 g/mol. The molecule has 2 aromatic rings. The van der Waals surface area contributed by atoms with E-state index in [1.54, 1.807) is 16.4 Å². The number of piperazine rings is 1. The lowest BCUT2D eigenvalue weighted by Crippen LogP contribution is -2.48. The van der Waals surface area contributed by atoms with E-state index >= 15 is 0 Å². The second kappa shape index (κ2) is 10.5. The van der Waals surface area contributed by atoms with Crippen molar-refractivity contribution >= 4 is 33.6 Å². The highest BCUT2D eigenvalue weighted by atomic mass is 35.5. The smallest absolute Gasteiger partial charge is 0.414 e. The van der Waals surface area contributed by atoms with Gasteiger partial charge in [0.1, 0.15) is 0 Å². The number of aliphatic carboxylic acids is 2. The van der Waals surface area contributed by atoms with Crippen LogP contribution in [0.5, 0.6) is 0 Å². The van der Waals surface area contributed by atoms with Crippen molar-refractivity contribution in [3.8, 4) is 0 Å². The number of sulfonamides is 1. The lowest BCUT2D eigenvalue weighted by atomic mass is 10.2. The fourth-order valence-electron chi connectivity index (χ4n) is 2.88. The zero-order chi connectivity index (χ0) is 22.3. The van der Waals surface area contributed by atoms with E-state index < -0.39 is 22.0 Å². The Morgan fingerprint density at radius 3 is 2.03 bits per heavy atom. The van der Waals surface area contributed by atoms with Gasteiger partial charge in [0.05, 0.1) is 4.90 Å². The molecular weight excluding hydrogens is 432 g/mol. The van der Waals surface area contributed by atoms with Crippen molar-refractivity contribution < 1.29 is 28.2 Å². The predicted octanol–water partition coefficient (Wildman–Crippen LogP) is 2.31. The molecule has 0 bridgehead atoms. The van der Waals surface area contributed by atoms with Gasteiger partial charge in [0.2, 0.25) is 10.0 Å². The summed E-state index contributed by atoms with van der Waals surface area (Å²) < 4.78 is 27.0. The first-order valence-electron chi connectivity index (χ1n) is 9.09. The molecule has 1 saturated heterocycles. The van der Waals surface area contributed by atoms with Crippen LogP contribution in [0.2, 0.25) is 5.02 Å². The zero-order valence-corrected chi connectivity index (χ0v) is 17.9. The van der Waals surface area contributed by atoms with Gasteiger partial charge in [-0.2, -0.15) is 4.31 Å². The Balaban J connectivity index is 0.000000469. The molecule has 0 spiro atoms. The highest BCUT2D eigenvalue weighted by molar-refractivity contribution is 7.89. The summed E-state index contributed by atoms with van der Waals surface area (Å²) in [6.45, 7) is 5.20. The van der Waals surface area contributed by atoms with Crippen molar-refractivity contribution in [2.24, 2.45) is 0 Å². The van der Waals surface area contributed by atoms with Crippen LogP contribution in [0.25, 0.3) is 0 Å². The molecule has 0 saturated carbocycles. The summed E-state index contributed by atoms with van der Waals surface area (Å²) in [5.41, 5.74) is 2.21. The van der Waals surface area contributed by atoms with E-state index in [1.165, 1.54) is 0 Å². The largest absolute Gasteiger partial charge is 0.473 e. The maximum atomic E-state index is 12.7. The first-order valence-corrected chi connectivity index (χ1v) is 10.9. The molecular formula is C20H23ClN2O6S. The van der Waals surface area contributed by atoms with Crippen LogP contribution in [0.4, 0.5) is 0 Å². The van der Waals surface area contributed by atoms with Crippen LogP contribution < -0.4 is 0 Å². The first kappa shape index (κ1) is 23.8. The topological polar surface area (TPSA) is 115 Å². The molecule has 0 amide bonds. The quantitative estimate of drug-likeness (QED) is 0.681. The highest BCUT2D eigenvalue weighted by Gasteiger charge is 2.28. The molecule has 0 aliphatic carbocycles. The number of rotatable bonds is 4. The maximum Gasteiger partial charge on any atom is 0.414 e. The number of benzene rings is 2. The standard InChI is InChI=1S/C18H21ClN2O2S.C2H2O4/c1-15-5-7-18(8-6-15)24(22,23)21-11-9-20(10-12-21)14-16-3-2-4-17(19)13-16;3-1(4)2(5)6/h2-8,13H,9-12,14H2,1H3;(H,3,4)(H,5,6). The minimum absolute atomic E-state index is 0.372. The fourth-order valence-corrected chi connectivity index (χ4v) is 4.52. The Kier molecular flexibility index (Phi) is 8.36. The lowest BCUT2D eigenvalue weighted by Gasteiger charge is -2.34. The molecule has 1 aliphatic heterocycles. The molecule has 30 heavy (non-hydrogen) atoms. The van der Waals surface area contributed by atoms with Gasteiger partial charge < -0.3 is 10.2 Å². The summed E-state index contributed by atoms with van der Waals surface area (Å²) in [5.74, 6) is -3.65. The molecule has 162 valence electrons. The molecule has 0 unspecified atom stereocenters. The van der Waals surface area contributed by atoms with Gasteiger partial charge in [0.15, 0.2) is 0 Å². The molecule has 0 aromatic heterocycles. The van der Waals surface area contributed by atoms with Gasteiger partial charge >= 0.3 is 11.9 Å². The summed E-state index contributed by atoms with van der Waals surface area (Å²) in [5, 5.41) is 15.5. The molecule has 0 atom stereocenters. The first-order chi connectivity index (χ1) is 14.1. The summed E-state index contributed by atoms with van der Waals surface area (Å²) >= 11 is 6.02. The average Bonchev–Trinajstić information content (AvgIpc) is 2.69. The van der Waals surface area contributed by atoms with Crippen LogP contribution >= 0.6 is 11.6 Å². The van der Waals surface area contributed by atoms with Crippen molar-refractivity contribution in [1.29, 1.82) is 0 Å². The van der Waals surface area contributed by atoms with Gasteiger partial charge in [0, 0.05) is 37.7 Å². The Bertz CT molecular complexity index is 975. The molecule has 8 nitrogen and oxygen atoms in total. The van der Waals surface area contributed by atoms with Crippen LogP contribution in [0.1, 0.15) is 11.1 Å². The van der Waals surface area contributed by atoms with Gasteiger partial charge in [0.25, 0.3) is 0 Å². The average molecular weight is 455 g/mol. The Morgan fingerprint density at radius 2 is 1.53 bits per heavy atom. The lowest BCUT2D eigenvalue weighted by molar-refractivity contribution is -0.159. The van der Waals surface area contributed by atoms with E-state index in [9.17, 15) is 8.42 Å². The van der Waals surface area contributed by atoms with Crippen molar-refractivity contribution in [3.63, 3.8) is 0 Å². The van der Waals surface area contributed by atoms with Crippen molar-refractivity contribution in [3.05, 3.63) is 64.7 Å². The number of hydrogen-bond acceptors (Lipinski definition) is 5. The third-order valence-corrected chi connectivity index (χ3v) is 6.62. The molecule has 1 aliphatic rings. The molecule has 3 rings (SSSR count). The van der Waals surface area contributed by atoms with Crippen molar-refractivity contribution in [1.82, 2.24) is 9.21 Å². The van der Waals surface area contributed by atoms with Crippen LogP contribution in [0, 0.1) is 6.92 Å². The van der Waals surface area contributed by atoms with E-state index in [0.29, 0.717) is 18.0 Å².